The van der Waals surface area contributed by atoms with E-state index >= 15 is 0 Å². The van der Waals surface area contributed by atoms with E-state index in [9.17, 15) is 18.0 Å². The highest BCUT2D eigenvalue weighted by Crippen LogP contribution is 2.12. The van der Waals surface area contributed by atoms with Gasteiger partial charge in [0.25, 0.3) is 0 Å². The minimum absolute atomic E-state index is 1.13. The molecule has 0 aromatic rings. The maximum Gasteiger partial charge on any atom is 0.353 e. The molecular formula is C3H5F3N2O. The summed E-state index contributed by atoms with van der Waals surface area (Å²) >= 11 is 0. The Labute approximate surface area is 49.0 Å². The topological polar surface area (TPSA) is 55.1 Å². The Morgan fingerprint density at radius 3 is 2.22 bits per heavy atom. The van der Waals surface area contributed by atoms with Gasteiger partial charge in [-0.2, -0.15) is 8.78 Å². The van der Waals surface area contributed by atoms with Crippen molar-refractivity contribution in [3.63, 3.8) is 0 Å². The van der Waals surface area contributed by atoms with Crippen molar-refractivity contribution >= 4 is 5.91 Å². The number of carbonyl (C=O) groups is 1. The molecule has 0 heterocycles. The highest BCUT2D eigenvalue weighted by atomic mass is 19.3. The first-order valence-corrected chi connectivity index (χ1v) is 1.99. The maximum atomic E-state index is 11.7. The Morgan fingerprint density at radius 2 is 2.11 bits per heavy atom. The third-order valence-electron chi connectivity index (χ3n) is 0.631. The van der Waals surface area contributed by atoms with E-state index in [0.29, 0.717) is 0 Å². The average Bonchev–Trinajstić information content (AvgIpc) is 1.86. The van der Waals surface area contributed by atoms with Crippen molar-refractivity contribution < 1.29 is 18.0 Å². The van der Waals surface area contributed by atoms with Crippen LogP contribution in [0.1, 0.15) is 0 Å². The Kier molecular flexibility index (Phi) is 2.44. The first kappa shape index (κ1) is 8.22. The predicted molar refractivity (Wildman–Crippen MR) is 23.3 cm³/mol. The Balaban J connectivity index is 3.97. The van der Waals surface area contributed by atoms with E-state index < -0.39 is 18.5 Å². The van der Waals surface area contributed by atoms with Crippen molar-refractivity contribution in [2.45, 2.75) is 5.92 Å². The monoisotopic (exact) mass is 142 g/mol. The van der Waals surface area contributed by atoms with Gasteiger partial charge in [0.15, 0.2) is 6.67 Å². The first-order valence-electron chi connectivity index (χ1n) is 1.99. The fourth-order valence-electron chi connectivity index (χ4n) is 0.166. The summed E-state index contributed by atoms with van der Waals surface area (Å²) in [6, 6.07) is 0. The third-order valence-corrected chi connectivity index (χ3v) is 0.631. The summed E-state index contributed by atoms with van der Waals surface area (Å²) in [4.78, 5) is 9.84. The molecule has 6 heteroatoms. The summed E-state index contributed by atoms with van der Waals surface area (Å²) < 4.78 is 34.5. The molecule has 0 aliphatic rings. The molecule has 0 aliphatic carbocycles. The number of halogens is 3. The van der Waals surface area contributed by atoms with Crippen LogP contribution in [0.5, 0.6) is 0 Å². The summed E-state index contributed by atoms with van der Waals surface area (Å²) in [6.45, 7) is -2.03. The summed E-state index contributed by atoms with van der Waals surface area (Å²) in [5.74, 6) is -1.52. The second-order valence-corrected chi connectivity index (χ2v) is 1.31. The molecule has 54 valence electrons. The molecule has 0 aromatic heterocycles. The van der Waals surface area contributed by atoms with Crippen LogP contribution in [-0.2, 0) is 4.79 Å². The van der Waals surface area contributed by atoms with Gasteiger partial charge in [-0.1, -0.05) is 0 Å². The second-order valence-electron chi connectivity index (χ2n) is 1.31. The fraction of sp³-hybridized carbons (Fsp3) is 0.667. The molecule has 0 radical (unpaired) electrons. The van der Waals surface area contributed by atoms with E-state index in [1.807, 2.05) is 0 Å². The molecule has 3 N–H and O–H groups in total. The zero-order chi connectivity index (χ0) is 7.49. The Morgan fingerprint density at radius 1 is 1.67 bits per heavy atom. The van der Waals surface area contributed by atoms with Gasteiger partial charge in [0.05, 0.1) is 0 Å². The molecule has 0 aromatic carbocycles. The molecule has 0 atom stereocenters. The number of hydrogen-bond acceptors (Lipinski definition) is 2. The van der Waals surface area contributed by atoms with Gasteiger partial charge in [0, 0.05) is 0 Å². The van der Waals surface area contributed by atoms with E-state index in [1.54, 1.807) is 0 Å². The van der Waals surface area contributed by atoms with E-state index in [0.717, 1.165) is 5.43 Å². The summed E-state index contributed by atoms with van der Waals surface area (Å²) in [6.07, 6.45) is 0. The summed E-state index contributed by atoms with van der Waals surface area (Å²) in [5, 5.41) is 0. The summed E-state index contributed by atoms with van der Waals surface area (Å²) in [7, 11) is 0. The van der Waals surface area contributed by atoms with Gasteiger partial charge in [-0.15, -0.1) is 0 Å². The lowest BCUT2D eigenvalue weighted by Gasteiger charge is -2.07. The molecule has 0 aliphatic heterocycles. The van der Waals surface area contributed by atoms with Crippen LogP contribution < -0.4 is 11.3 Å². The number of hydrazine groups is 1. The summed E-state index contributed by atoms with van der Waals surface area (Å²) in [5.41, 5.74) is 1.13. The average molecular weight is 142 g/mol. The van der Waals surface area contributed by atoms with E-state index in [4.69, 9.17) is 0 Å². The van der Waals surface area contributed by atoms with Gasteiger partial charge >= 0.3 is 11.8 Å². The van der Waals surface area contributed by atoms with E-state index in [1.165, 1.54) is 0 Å². The number of nitrogens with two attached hydrogens (primary N) is 1. The fourth-order valence-corrected chi connectivity index (χ4v) is 0.166. The minimum atomic E-state index is -3.99. The third kappa shape index (κ3) is 1.88. The quantitative estimate of drug-likeness (QED) is 0.312. The van der Waals surface area contributed by atoms with Crippen molar-refractivity contribution in [3.05, 3.63) is 0 Å². The van der Waals surface area contributed by atoms with Gasteiger partial charge in [0.1, 0.15) is 0 Å². The van der Waals surface area contributed by atoms with Crippen molar-refractivity contribution in [1.82, 2.24) is 5.43 Å². The van der Waals surface area contributed by atoms with Crippen molar-refractivity contribution in [2.75, 3.05) is 6.67 Å². The minimum Gasteiger partial charge on any atom is -0.289 e. The zero-order valence-corrected chi connectivity index (χ0v) is 4.33. The Hall–Kier alpha value is -0.780. The molecule has 0 bridgehead atoms. The van der Waals surface area contributed by atoms with Gasteiger partial charge in [0.2, 0.25) is 0 Å². The molecule has 3 nitrogen and oxygen atoms in total. The lowest BCUT2D eigenvalue weighted by molar-refractivity contribution is -0.147. The van der Waals surface area contributed by atoms with Gasteiger partial charge in [-0.05, 0) is 0 Å². The van der Waals surface area contributed by atoms with E-state index in [-0.39, 0.29) is 0 Å². The molecule has 0 spiro atoms. The smallest absolute Gasteiger partial charge is 0.289 e. The molecule has 0 saturated heterocycles. The van der Waals surface area contributed by atoms with Crippen molar-refractivity contribution in [1.29, 1.82) is 0 Å². The molecule has 0 unspecified atom stereocenters. The number of alkyl halides is 3. The Bertz CT molecular complexity index is 116. The molecular weight excluding hydrogens is 137 g/mol. The zero-order valence-electron chi connectivity index (χ0n) is 4.33. The SMILES string of the molecule is NNC(=O)C(F)(F)CF. The van der Waals surface area contributed by atoms with Crippen LogP contribution in [-0.4, -0.2) is 18.5 Å². The van der Waals surface area contributed by atoms with Crippen molar-refractivity contribution in [3.8, 4) is 0 Å². The maximum absolute atomic E-state index is 11.7. The molecule has 9 heavy (non-hydrogen) atoms. The number of hydrogen-bond donors (Lipinski definition) is 2. The van der Waals surface area contributed by atoms with Crippen LogP contribution in [0.25, 0.3) is 0 Å². The van der Waals surface area contributed by atoms with Gasteiger partial charge in [-0.25, -0.2) is 10.2 Å². The predicted octanol–water partition coefficient (Wildman–Crippen LogP) is -0.419. The highest BCUT2D eigenvalue weighted by molar-refractivity contribution is 5.82. The number of nitrogens with one attached hydrogen (secondary N) is 1. The van der Waals surface area contributed by atoms with Crippen LogP contribution in [0.3, 0.4) is 0 Å². The molecule has 1 amide bonds. The number of rotatable bonds is 2. The molecule has 0 fully saturated rings. The van der Waals surface area contributed by atoms with E-state index in [2.05, 4.69) is 5.84 Å². The first-order chi connectivity index (χ1) is 4.04. The molecule has 0 rings (SSSR count). The number of carbonyl (C=O) groups excluding carboxylic acids is 1. The standard InChI is InChI=1S/C3H5F3N2O/c4-1-3(5,6)2(9)8-7/h1,7H2,(H,8,9). The second kappa shape index (κ2) is 2.67. The lowest BCUT2D eigenvalue weighted by atomic mass is 10.4. The van der Waals surface area contributed by atoms with Crippen LogP contribution in [0, 0.1) is 0 Å². The number of amides is 1. The molecule has 0 saturated carbocycles. The van der Waals surface area contributed by atoms with Gasteiger partial charge < -0.3 is 0 Å². The normalized spacial score (nSPS) is 11.1. The van der Waals surface area contributed by atoms with Gasteiger partial charge in [-0.3, -0.25) is 10.2 Å². The van der Waals surface area contributed by atoms with Crippen LogP contribution >= 0.6 is 0 Å². The van der Waals surface area contributed by atoms with Crippen LogP contribution in [0.4, 0.5) is 13.2 Å². The van der Waals surface area contributed by atoms with Crippen LogP contribution in [0.2, 0.25) is 0 Å². The van der Waals surface area contributed by atoms with Crippen molar-refractivity contribution in [2.24, 2.45) is 5.84 Å². The largest absolute Gasteiger partial charge is 0.353 e. The lowest BCUT2D eigenvalue weighted by Crippen LogP contribution is -2.45. The highest BCUT2D eigenvalue weighted by Gasteiger charge is 2.38. The van der Waals surface area contributed by atoms with Crippen LogP contribution in [0.15, 0.2) is 0 Å².